The van der Waals surface area contributed by atoms with Crippen molar-refractivity contribution >= 4 is 21.6 Å². The lowest BCUT2D eigenvalue weighted by molar-refractivity contribution is 0.554. The van der Waals surface area contributed by atoms with Gasteiger partial charge in [0.2, 0.25) is 10.0 Å². The number of sulfonamides is 1. The van der Waals surface area contributed by atoms with E-state index in [4.69, 9.17) is 5.14 Å². The second kappa shape index (κ2) is 4.09. The molecule has 0 bridgehead atoms. The Hall–Kier alpha value is -1.45. The zero-order valence-corrected chi connectivity index (χ0v) is 9.73. The lowest BCUT2D eigenvalue weighted by Gasteiger charge is -2.05. The van der Waals surface area contributed by atoms with Crippen molar-refractivity contribution in [3.05, 3.63) is 30.1 Å². The van der Waals surface area contributed by atoms with Crippen LogP contribution in [-0.4, -0.2) is 17.8 Å². The lowest BCUT2D eigenvalue weighted by Crippen LogP contribution is -2.15. The van der Waals surface area contributed by atoms with Gasteiger partial charge in [0.05, 0.1) is 5.56 Å². The Kier molecular flexibility index (Phi) is 2.89. The molecule has 0 aliphatic carbocycles. The maximum atomic E-state index is 13.8. The average Bonchev–Trinajstić information content (AvgIpc) is 2.68. The Balaban J connectivity index is 2.77. The summed E-state index contributed by atoms with van der Waals surface area (Å²) in [5.41, 5.74) is -0.543. The number of aromatic nitrogens is 2. The summed E-state index contributed by atoms with van der Waals surface area (Å²) in [4.78, 5) is 2.85. The van der Waals surface area contributed by atoms with E-state index in [2.05, 4.69) is 9.36 Å². The molecule has 17 heavy (non-hydrogen) atoms. The minimum atomic E-state index is -4.25. The molecule has 0 radical (unpaired) electrons. The zero-order valence-electron chi connectivity index (χ0n) is 8.09. The molecule has 0 amide bonds. The van der Waals surface area contributed by atoms with E-state index in [9.17, 15) is 17.2 Å². The number of nitrogens with zero attached hydrogens (tertiary/aromatic N) is 2. The summed E-state index contributed by atoms with van der Waals surface area (Å²) in [6.45, 7) is 0. The topological polar surface area (TPSA) is 85.9 Å². The Labute approximate surface area is 99.1 Å². The molecule has 0 fully saturated rings. The van der Waals surface area contributed by atoms with Crippen LogP contribution in [0.4, 0.5) is 8.78 Å². The van der Waals surface area contributed by atoms with Crippen LogP contribution in [0.15, 0.2) is 23.4 Å². The number of benzene rings is 1. The van der Waals surface area contributed by atoms with Crippen LogP contribution in [0.1, 0.15) is 0 Å². The van der Waals surface area contributed by atoms with Crippen molar-refractivity contribution in [2.24, 2.45) is 5.14 Å². The summed E-state index contributed by atoms with van der Waals surface area (Å²) in [6, 6.07) is 1.59. The summed E-state index contributed by atoms with van der Waals surface area (Å²) in [5.74, 6) is -2.18. The van der Waals surface area contributed by atoms with Gasteiger partial charge in [0, 0.05) is 0 Å². The van der Waals surface area contributed by atoms with Crippen molar-refractivity contribution in [2.45, 2.75) is 4.90 Å². The van der Waals surface area contributed by atoms with E-state index in [1.165, 1.54) is 0 Å². The van der Waals surface area contributed by atoms with Gasteiger partial charge in [0.15, 0.2) is 5.82 Å². The van der Waals surface area contributed by atoms with Crippen molar-refractivity contribution in [2.75, 3.05) is 0 Å². The van der Waals surface area contributed by atoms with E-state index in [1.54, 1.807) is 0 Å². The van der Waals surface area contributed by atoms with Crippen molar-refractivity contribution in [3.8, 4) is 10.6 Å². The minimum Gasteiger partial charge on any atom is -0.225 e. The van der Waals surface area contributed by atoms with Gasteiger partial charge in [0.1, 0.15) is 22.0 Å². The highest BCUT2D eigenvalue weighted by atomic mass is 32.2. The van der Waals surface area contributed by atoms with E-state index in [0.29, 0.717) is 0 Å². The first-order valence-electron chi connectivity index (χ1n) is 4.19. The Morgan fingerprint density at radius 2 is 2.00 bits per heavy atom. The predicted octanol–water partition coefficient (Wildman–Crippen LogP) is 1.13. The van der Waals surface area contributed by atoms with Gasteiger partial charge in [0.25, 0.3) is 0 Å². The largest absolute Gasteiger partial charge is 0.240 e. The fourth-order valence-electron chi connectivity index (χ4n) is 1.23. The smallest absolute Gasteiger partial charge is 0.225 e. The number of hydrogen-bond donors (Lipinski definition) is 1. The maximum absolute atomic E-state index is 13.8. The van der Waals surface area contributed by atoms with Gasteiger partial charge in [-0.15, -0.1) is 0 Å². The fourth-order valence-corrected chi connectivity index (χ4v) is 2.41. The maximum Gasteiger partial charge on any atom is 0.240 e. The normalized spacial score (nSPS) is 11.7. The van der Waals surface area contributed by atoms with Crippen LogP contribution in [-0.2, 0) is 10.0 Å². The highest BCUT2D eigenvalue weighted by Crippen LogP contribution is 2.29. The van der Waals surface area contributed by atoms with E-state index >= 15 is 0 Å². The van der Waals surface area contributed by atoms with Gasteiger partial charge in [-0.3, -0.25) is 0 Å². The average molecular weight is 277 g/mol. The Morgan fingerprint density at radius 3 is 2.53 bits per heavy atom. The van der Waals surface area contributed by atoms with Crippen molar-refractivity contribution in [1.82, 2.24) is 9.36 Å². The molecule has 1 heterocycles. The molecule has 2 rings (SSSR count). The molecule has 0 saturated heterocycles. The van der Waals surface area contributed by atoms with Crippen LogP contribution in [0.25, 0.3) is 10.6 Å². The van der Waals surface area contributed by atoms with Crippen LogP contribution < -0.4 is 5.14 Å². The molecule has 0 unspecified atom stereocenters. The van der Waals surface area contributed by atoms with Gasteiger partial charge >= 0.3 is 0 Å². The van der Waals surface area contributed by atoms with E-state index in [-0.39, 0.29) is 5.01 Å². The number of nitrogens with two attached hydrogens (primary N) is 1. The van der Waals surface area contributed by atoms with Gasteiger partial charge in [-0.05, 0) is 23.7 Å². The van der Waals surface area contributed by atoms with Crippen LogP contribution in [0.3, 0.4) is 0 Å². The summed E-state index contributed by atoms with van der Waals surface area (Å²) in [5, 5.41) is 4.76. The number of primary sulfonamides is 1. The number of hydrogen-bond acceptors (Lipinski definition) is 5. The molecule has 0 atom stereocenters. The van der Waals surface area contributed by atoms with Crippen molar-refractivity contribution < 1.29 is 17.2 Å². The zero-order chi connectivity index (χ0) is 12.6. The number of rotatable bonds is 2. The number of halogens is 2. The molecule has 9 heteroatoms. The third kappa shape index (κ3) is 2.16. The standard InChI is InChI=1S/C8H5F2N3O2S2/c9-4-1-2-5(17(11,14)15)7(10)6(4)8-12-3-13-16-8/h1-3H,(H2,11,14,15). The first-order chi connectivity index (χ1) is 7.91. The highest BCUT2D eigenvalue weighted by molar-refractivity contribution is 7.89. The molecule has 0 saturated carbocycles. The second-order valence-electron chi connectivity index (χ2n) is 3.03. The lowest BCUT2D eigenvalue weighted by atomic mass is 10.2. The van der Waals surface area contributed by atoms with E-state index in [0.717, 1.165) is 30.0 Å². The molecule has 2 N–H and O–H groups in total. The van der Waals surface area contributed by atoms with Crippen LogP contribution in [0, 0.1) is 11.6 Å². The predicted molar refractivity (Wildman–Crippen MR) is 56.6 cm³/mol. The Morgan fingerprint density at radius 1 is 1.29 bits per heavy atom. The minimum absolute atomic E-state index is 0.0505. The molecule has 0 aliphatic rings. The molecule has 5 nitrogen and oxygen atoms in total. The monoisotopic (exact) mass is 277 g/mol. The van der Waals surface area contributed by atoms with Crippen molar-refractivity contribution in [3.63, 3.8) is 0 Å². The molecule has 0 spiro atoms. The first kappa shape index (κ1) is 12.0. The quantitative estimate of drug-likeness (QED) is 0.891. The third-order valence-electron chi connectivity index (χ3n) is 1.94. The molecular formula is C8H5F2N3O2S2. The Bertz CT molecular complexity index is 656. The molecule has 0 aliphatic heterocycles. The van der Waals surface area contributed by atoms with Crippen LogP contribution >= 0.6 is 11.5 Å². The van der Waals surface area contributed by atoms with Gasteiger partial charge in [-0.25, -0.2) is 27.3 Å². The summed E-state index contributed by atoms with van der Waals surface area (Å²) < 4.78 is 53.0. The first-order valence-corrected chi connectivity index (χ1v) is 6.51. The molecule has 90 valence electrons. The van der Waals surface area contributed by atoms with E-state index in [1.807, 2.05) is 0 Å². The summed E-state index contributed by atoms with van der Waals surface area (Å²) in [7, 11) is -4.25. The van der Waals surface area contributed by atoms with Crippen LogP contribution in [0.5, 0.6) is 0 Å². The molecule has 1 aromatic carbocycles. The molecule has 2 aromatic rings. The van der Waals surface area contributed by atoms with Crippen molar-refractivity contribution in [1.29, 1.82) is 0 Å². The molecular weight excluding hydrogens is 272 g/mol. The summed E-state index contributed by atoms with van der Waals surface area (Å²) in [6.07, 6.45) is 1.11. The second-order valence-corrected chi connectivity index (χ2v) is 5.34. The third-order valence-corrected chi connectivity index (χ3v) is 3.55. The van der Waals surface area contributed by atoms with E-state index < -0.39 is 32.1 Å². The van der Waals surface area contributed by atoms with Crippen LogP contribution in [0.2, 0.25) is 0 Å². The fraction of sp³-hybridized carbons (Fsp3) is 0. The highest BCUT2D eigenvalue weighted by Gasteiger charge is 2.23. The van der Waals surface area contributed by atoms with Gasteiger partial charge < -0.3 is 0 Å². The summed E-state index contributed by atoms with van der Waals surface area (Å²) >= 11 is 0.747. The van der Waals surface area contributed by atoms with Gasteiger partial charge in [-0.1, -0.05) is 0 Å². The SMILES string of the molecule is NS(=O)(=O)c1ccc(F)c(-c2ncns2)c1F. The molecule has 1 aromatic heterocycles. The van der Waals surface area contributed by atoms with Gasteiger partial charge in [-0.2, -0.15) is 4.37 Å².